The highest BCUT2D eigenvalue weighted by atomic mass is 32.2. The van der Waals surface area contributed by atoms with Crippen molar-refractivity contribution in [2.24, 2.45) is 10.9 Å². The van der Waals surface area contributed by atoms with E-state index in [9.17, 15) is 0 Å². The number of thioether (sulfide) groups is 1. The highest BCUT2D eigenvalue weighted by Crippen LogP contribution is 2.39. The maximum atomic E-state index is 5.19. The van der Waals surface area contributed by atoms with E-state index in [0.29, 0.717) is 11.3 Å². The van der Waals surface area contributed by atoms with Gasteiger partial charge in [0.2, 0.25) is 0 Å². The quantitative estimate of drug-likeness (QED) is 0.686. The Labute approximate surface area is 149 Å². The first-order valence-corrected chi connectivity index (χ1v) is 9.77. The Bertz CT molecular complexity index is 650. The van der Waals surface area contributed by atoms with Gasteiger partial charge in [0, 0.05) is 38.3 Å². The molecule has 1 saturated heterocycles. The first-order chi connectivity index (χ1) is 11.7. The van der Waals surface area contributed by atoms with Crippen molar-refractivity contribution in [1.29, 1.82) is 0 Å². The van der Waals surface area contributed by atoms with Crippen molar-refractivity contribution in [3.8, 4) is 0 Å². The van der Waals surface area contributed by atoms with Crippen LogP contribution < -0.4 is 5.32 Å². The molecule has 1 fully saturated rings. The van der Waals surface area contributed by atoms with Gasteiger partial charge in [-0.1, -0.05) is 24.3 Å². The lowest BCUT2D eigenvalue weighted by molar-refractivity contribution is 0.211. The summed E-state index contributed by atoms with van der Waals surface area (Å²) in [5.41, 5.74) is 2.38. The van der Waals surface area contributed by atoms with Crippen LogP contribution in [0.25, 0.3) is 0 Å². The van der Waals surface area contributed by atoms with Gasteiger partial charge in [0.15, 0.2) is 0 Å². The monoisotopic (exact) mass is 342 g/mol. The molecule has 4 aliphatic rings. The average Bonchev–Trinajstić information content (AvgIpc) is 2.85. The zero-order chi connectivity index (χ0) is 16.5. The van der Waals surface area contributed by atoms with Crippen LogP contribution >= 0.6 is 11.8 Å². The third-order valence-electron chi connectivity index (χ3n) is 5.08. The van der Waals surface area contributed by atoms with Crippen LogP contribution in [0.2, 0.25) is 0 Å². The number of nitrogens with one attached hydrogen (secondary N) is 1. The molecule has 1 aliphatic carbocycles. The Kier molecular flexibility index (Phi) is 4.55. The van der Waals surface area contributed by atoms with Gasteiger partial charge in [-0.2, -0.15) is 0 Å². The van der Waals surface area contributed by atoms with Crippen LogP contribution in [-0.2, 0) is 0 Å². The van der Waals surface area contributed by atoms with E-state index in [2.05, 4.69) is 59.5 Å². The fourth-order valence-electron chi connectivity index (χ4n) is 3.67. The van der Waals surface area contributed by atoms with Gasteiger partial charge in [-0.05, 0) is 31.4 Å². The van der Waals surface area contributed by atoms with Gasteiger partial charge in [-0.15, -0.1) is 11.8 Å². The molecule has 0 radical (unpaired) electrons. The second-order valence-corrected chi connectivity index (χ2v) is 8.31. The van der Waals surface area contributed by atoms with Crippen molar-refractivity contribution in [3.05, 3.63) is 46.7 Å². The second-order valence-electron chi connectivity index (χ2n) is 6.92. The molecule has 2 unspecified atom stereocenters. The fraction of sp³-hybridized carbons (Fsp3) is 0.526. The van der Waals surface area contributed by atoms with E-state index in [1.54, 1.807) is 0 Å². The number of hydrogen-bond donors (Lipinski definition) is 1. The molecule has 4 rings (SSSR count). The summed E-state index contributed by atoms with van der Waals surface area (Å²) in [5, 5.41) is 4.16. The van der Waals surface area contributed by atoms with E-state index in [1.807, 2.05) is 11.8 Å². The molecule has 3 aliphatic heterocycles. The van der Waals surface area contributed by atoms with E-state index < -0.39 is 0 Å². The highest BCUT2D eigenvalue weighted by Gasteiger charge is 2.36. The minimum atomic E-state index is 0.365. The lowest BCUT2D eigenvalue weighted by Crippen LogP contribution is -2.50. The molecule has 0 spiro atoms. The molecule has 0 aromatic rings. The molecule has 0 aromatic carbocycles. The molecule has 2 atom stereocenters. The van der Waals surface area contributed by atoms with Gasteiger partial charge >= 0.3 is 0 Å². The zero-order valence-electron chi connectivity index (χ0n) is 14.5. The number of amidine groups is 1. The van der Waals surface area contributed by atoms with Crippen LogP contribution in [0.3, 0.4) is 0 Å². The predicted molar refractivity (Wildman–Crippen MR) is 103 cm³/mol. The van der Waals surface area contributed by atoms with Gasteiger partial charge in [0.1, 0.15) is 5.84 Å². The minimum absolute atomic E-state index is 0.365. The summed E-state index contributed by atoms with van der Waals surface area (Å²) in [4.78, 5) is 11.5. The van der Waals surface area contributed by atoms with Gasteiger partial charge in [-0.25, -0.2) is 4.99 Å². The smallest absolute Gasteiger partial charge is 0.115 e. The van der Waals surface area contributed by atoms with E-state index in [1.165, 1.54) is 16.4 Å². The standard InChI is InChI=1S/C19H26N4S/c1-14-13-15-18(23-11-9-22(2)10-12-23)20-16-7-5-3-4-6-8-17(16)21-19(15)24-14/h4-7,13,15,19,21H,3,8-12H2,1-2H3/b6-4-,7-5-. The van der Waals surface area contributed by atoms with Crippen molar-refractivity contribution >= 4 is 17.6 Å². The van der Waals surface area contributed by atoms with Crippen molar-refractivity contribution in [2.75, 3.05) is 33.2 Å². The number of nitrogens with zero attached hydrogens (tertiary/aromatic N) is 3. The van der Waals surface area contributed by atoms with Crippen molar-refractivity contribution in [2.45, 2.75) is 25.1 Å². The number of allylic oxidation sites excluding steroid dienone is 5. The number of aliphatic imine (C=N–C) groups is 1. The van der Waals surface area contributed by atoms with Crippen molar-refractivity contribution in [1.82, 2.24) is 15.1 Å². The number of rotatable bonds is 0. The molecular formula is C19H26N4S. The number of fused-ring (bicyclic) bond motifs is 1. The van der Waals surface area contributed by atoms with Crippen LogP contribution in [0.4, 0.5) is 0 Å². The topological polar surface area (TPSA) is 30.9 Å². The van der Waals surface area contributed by atoms with Gasteiger partial charge < -0.3 is 15.1 Å². The summed E-state index contributed by atoms with van der Waals surface area (Å²) in [6.07, 6.45) is 13.3. The van der Waals surface area contributed by atoms with E-state index >= 15 is 0 Å². The van der Waals surface area contributed by atoms with Crippen molar-refractivity contribution < 1.29 is 0 Å². The third kappa shape index (κ3) is 3.20. The van der Waals surface area contributed by atoms with Gasteiger partial charge in [0.25, 0.3) is 0 Å². The highest BCUT2D eigenvalue weighted by molar-refractivity contribution is 8.03. The number of hydrogen-bond acceptors (Lipinski definition) is 5. The van der Waals surface area contributed by atoms with Crippen LogP contribution in [0.5, 0.6) is 0 Å². The van der Waals surface area contributed by atoms with Gasteiger partial charge in [-0.3, -0.25) is 0 Å². The molecule has 4 nitrogen and oxygen atoms in total. The molecule has 1 N–H and O–H groups in total. The molecule has 128 valence electrons. The lowest BCUT2D eigenvalue weighted by atomic mass is 10.1. The van der Waals surface area contributed by atoms with Crippen LogP contribution in [0.1, 0.15) is 19.8 Å². The number of likely N-dealkylation sites (N-methyl/N-ethyl adjacent to an activating group) is 1. The Morgan fingerprint density at radius 2 is 2.00 bits per heavy atom. The average molecular weight is 343 g/mol. The molecule has 0 saturated carbocycles. The van der Waals surface area contributed by atoms with E-state index in [-0.39, 0.29) is 0 Å². The molecule has 5 heteroatoms. The summed E-state index contributed by atoms with van der Waals surface area (Å²) < 4.78 is 0. The first-order valence-electron chi connectivity index (χ1n) is 8.89. The third-order valence-corrected chi connectivity index (χ3v) is 6.25. The maximum Gasteiger partial charge on any atom is 0.115 e. The predicted octanol–water partition coefficient (Wildman–Crippen LogP) is 2.95. The summed E-state index contributed by atoms with van der Waals surface area (Å²) in [6.45, 7) is 6.59. The van der Waals surface area contributed by atoms with Crippen LogP contribution in [0, 0.1) is 5.92 Å². The first kappa shape index (κ1) is 16.0. The Hall–Kier alpha value is -1.46. The minimum Gasteiger partial charge on any atom is -0.373 e. The van der Waals surface area contributed by atoms with E-state index in [4.69, 9.17) is 4.99 Å². The molecule has 0 bridgehead atoms. The summed E-state index contributed by atoms with van der Waals surface area (Å²) in [6, 6.07) is 0. The summed E-state index contributed by atoms with van der Waals surface area (Å²) in [7, 11) is 2.20. The van der Waals surface area contributed by atoms with Gasteiger partial charge in [0.05, 0.1) is 17.0 Å². The normalized spacial score (nSPS) is 33.3. The van der Waals surface area contributed by atoms with Crippen LogP contribution in [-0.4, -0.2) is 54.2 Å². The van der Waals surface area contributed by atoms with Crippen molar-refractivity contribution in [3.63, 3.8) is 0 Å². The van der Waals surface area contributed by atoms with E-state index in [0.717, 1.165) is 44.7 Å². The Balaban J connectivity index is 1.71. The summed E-state index contributed by atoms with van der Waals surface area (Å²) in [5.74, 6) is 1.62. The SMILES string of the molecule is CC1=CC2C(N3CCN(C)CC3)=NC3=C(C/C=C\C/C=C\3)NC2S1. The fourth-order valence-corrected chi connectivity index (χ4v) is 4.84. The summed E-state index contributed by atoms with van der Waals surface area (Å²) >= 11 is 1.95. The molecular weight excluding hydrogens is 316 g/mol. The Morgan fingerprint density at radius 3 is 2.83 bits per heavy atom. The molecule has 24 heavy (non-hydrogen) atoms. The molecule has 0 amide bonds. The van der Waals surface area contributed by atoms with Crippen LogP contribution in [0.15, 0.2) is 51.7 Å². The molecule has 0 aromatic heterocycles. The Morgan fingerprint density at radius 1 is 1.17 bits per heavy atom. The second kappa shape index (κ2) is 6.81. The largest absolute Gasteiger partial charge is 0.373 e. The maximum absolute atomic E-state index is 5.19. The lowest BCUT2D eigenvalue weighted by Gasteiger charge is -2.36. The zero-order valence-corrected chi connectivity index (χ0v) is 15.4. The number of piperazine rings is 1. The molecule has 3 heterocycles.